The quantitative estimate of drug-likeness (QED) is 0.890. The predicted octanol–water partition coefficient (Wildman–Crippen LogP) is 0.919. The van der Waals surface area contributed by atoms with Crippen molar-refractivity contribution in [3.05, 3.63) is 18.0 Å². The molecule has 0 bridgehead atoms. The molecule has 2 heterocycles. The Morgan fingerprint density at radius 2 is 2.05 bits per heavy atom. The molecule has 0 aromatic carbocycles. The highest BCUT2D eigenvalue weighted by Gasteiger charge is 2.45. The Labute approximate surface area is 119 Å². The third-order valence-corrected chi connectivity index (χ3v) is 3.86. The van der Waals surface area contributed by atoms with Crippen molar-refractivity contribution in [2.45, 2.75) is 58.8 Å². The maximum Gasteiger partial charge on any atom is 0.246 e. The molecule has 0 saturated carbocycles. The van der Waals surface area contributed by atoms with Gasteiger partial charge in [-0.3, -0.25) is 14.3 Å². The van der Waals surface area contributed by atoms with Crippen LogP contribution in [0, 0.1) is 0 Å². The molecule has 1 aromatic heterocycles. The van der Waals surface area contributed by atoms with Crippen molar-refractivity contribution >= 4 is 11.8 Å². The normalized spacial score (nSPS) is 22.0. The molecule has 1 fully saturated rings. The van der Waals surface area contributed by atoms with E-state index in [-0.39, 0.29) is 11.8 Å². The largest absolute Gasteiger partial charge is 0.342 e. The topological polar surface area (TPSA) is 67.2 Å². The molecule has 1 unspecified atom stereocenters. The van der Waals surface area contributed by atoms with E-state index in [0.29, 0.717) is 13.0 Å². The zero-order valence-electron chi connectivity index (χ0n) is 12.5. The molecule has 0 spiro atoms. The first-order chi connectivity index (χ1) is 9.40. The first kappa shape index (κ1) is 14.6. The zero-order valence-corrected chi connectivity index (χ0v) is 12.5. The number of rotatable bonds is 4. The minimum absolute atomic E-state index is 0.0265. The lowest BCUT2D eigenvalue weighted by Gasteiger charge is -2.44. The number of carbonyl (C=O) groups excluding carboxylic acids is 2. The van der Waals surface area contributed by atoms with Gasteiger partial charge in [0.15, 0.2) is 0 Å². The van der Waals surface area contributed by atoms with Crippen LogP contribution in [0.5, 0.6) is 0 Å². The Kier molecular flexibility index (Phi) is 3.83. The maximum atomic E-state index is 12.5. The summed E-state index contributed by atoms with van der Waals surface area (Å²) in [4.78, 5) is 26.3. The summed E-state index contributed by atoms with van der Waals surface area (Å²) < 4.78 is 1.81. The summed E-state index contributed by atoms with van der Waals surface area (Å²) in [6, 6.07) is -0.420. The van der Waals surface area contributed by atoms with Gasteiger partial charge in [-0.1, -0.05) is 6.92 Å². The number of nitrogens with zero attached hydrogens (tertiary/aromatic N) is 3. The highest BCUT2D eigenvalue weighted by Crippen LogP contribution is 2.24. The van der Waals surface area contributed by atoms with Crippen LogP contribution in [-0.2, 0) is 22.7 Å². The van der Waals surface area contributed by atoms with E-state index in [0.717, 1.165) is 12.1 Å². The Bertz CT molecular complexity index is 521. The third kappa shape index (κ3) is 2.42. The molecule has 1 aliphatic rings. The summed E-state index contributed by atoms with van der Waals surface area (Å²) >= 11 is 0. The van der Waals surface area contributed by atoms with Gasteiger partial charge >= 0.3 is 0 Å². The fourth-order valence-electron chi connectivity index (χ4n) is 2.38. The number of nitrogens with one attached hydrogen (secondary N) is 1. The Morgan fingerprint density at radius 1 is 1.35 bits per heavy atom. The van der Waals surface area contributed by atoms with Crippen LogP contribution in [0.4, 0.5) is 0 Å². The Balaban J connectivity index is 2.25. The SMILES string of the molecule is CCC1NC(=O)C(C)(C)N(Cc2cnn(CC)c2)C1=O. The summed E-state index contributed by atoms with van der Waals surface area (Å²) in [6.45, 7) is 8.65. The van der Waals surface area contributed by atoms with E-state index in [2.05, 4.69) is 10.4 Å². The van der Waals surface area contributed by atoms with Gasteiger partial charge in [-0.05, 0) is 27.2 Å². The summed E-state index contributed by atoms with van der Waals surface area (Å²) in [5, 5.41) is 7.00. The first-order valence-corrected chi connectivity index (χ1v) is 7.04. The molecule has 20 heavy (non-hydrogen) atoms. The number of hydrogen-bond donors (Lipinski definition) is 1. The van der Waals surface area contributed by atoms with E-state index in [1.807, 2.05) is 24.7 Å². The van der Waals surface area contributed by atoms with E-state index >= 15 is 0 Å². The second kappa shape index (κ2) is 5.26. The van der Waals surface area contributed by atoms with Gasteiger partial charge in [0.1, 0.15) is 11.6 Å². The lowest BCUT2D eigenvalue weighted by Crippen LogP contribution is -2.67. The van der Waals surface area contributed by atoms with Crippen LogP contribution in [0.2, 0.25) is 0 Å². The number of piperazine rings is 1. The second-order valence-corrected chi connectivity index (χ2v) is 5.62. The first-order valence-electron chi connectivity index (χ1n) is 7.04. The molecule has 6 heteroatoms. The van der Waals surface area contributed by atoms with Crippen molar-refractivity contribution in [1.29, 1.82) is 0 Å². The number of aryl methyl sites for hydroxylation is 1. The van der Waals surface area contributed by atoms with Crippen LogP contribution in [0.1, 0.15) is 39.7 Å². The van der Waals surface area contributed by atoms with Crippen LogP contribution in [-0.4, -0.2) is 38.1 Å². The Morgan fingerprint density at radius 3 is 2.60 bits per heavy atom. The molecule has 0 aliphatic carbocycles. The maximum absolute atomic E-state index is 12.5. The van der Waals surface area contributed by atoms with Gasteiger partial charge in [0.2, 0.25) is 11.8 Å². The summed E-state index contributed by atoms with van der Waals surface area (Å²) in [5.41, 5.74) is 0.106. The standard InChI is InChI=1S/C14H22N4O2/c1-5-11-12(19)18(14(3,4)13(20)16-11)9-10-7-15-17(6-2)8-10/h7-8,11H,5-6,9H2,1-4H3,(H,16,20). The minimum atomic E-state index is -0.836. The molecule has 1 saturated heterocycles. The van der Waals surface area contributed by atoms with Crippen molar-refractivity contribution in [2.24, 2.45) is 0 Å². The highest BCUT2D eigenvalue weighted by atomic mass is 16.2. The van der Waals surface area contributed by atoms with E-state index < -0.39 is 11.6 Å². The van der Waals surface area contributed by atoms with Crippen molar-refractivity contribution in [3.63, 3.8) is 0 Å². The van der Waals surface area contributed by atoms with Crippen LogP contribution < -0.4 is 5.32 Å². The third-order valence-electron chi connectivity index (χ3n) is 3.86. The lowest BCUT2D eigenvalue weighted by molar-refractivity contribution is -0.156. The number of amides is 2. The summed E-state index contributed by atoms with van der Waals surface area (Å²) in [6.07, 6.45) is 4.27. The summed E-state index contributed by atoms with van der Waals surface area (Å²) in [7, 11) is 0. The fraction of sp³-hybridized carbons (Fsp3) is 0.643. The van der Waals surface area contributed by atoms with Gasteiger partial charge in [-0.25, -0.2) is 0 Å². The number of hydrogen-bond acceptors (Lipinski definition) is 3. The lowest BCUT2D eigenvalue weighted by atomic mass is 9.94. The zero-order chi connectivity index (χ0) is 14.9. The molecule has 1 aromatic rings. The summed E-state index contributed by atoms with van der Waals surface area (Å²) in [5.74, 6) is -0.131. The minimum Gasteiger partial charge on any atom is -0.342 e. The highest BCUT2D eigenvalue weighted by molar-refractivity contribution is 5.99. The molecule has 2 amide bonds. The fourth-order valence-corrected chi connectivity index (χ4v) is 2.38. The molecular weight excluding hydrogens is 256 g/mol. The van der Waals surface area contributed by atoms with Crippen LogP contribution >= 0.6 is 0 Å². The molecule has 0 radical (unpaired) electrons. The van der Waals surface area contributed by atoms with E-state index in [1.54, 1.807) is 24.9 Å². The molecule has 1 atom stereocenters. The average molecular weight is 278 g/mol. The van der Waals surface area contributed by atoms with Crippen molar-refractivity contribution in [1.82, 2.24) is 20.0 Å². The number of aromatic nitrogens is 2. The van der Waals surface area contributed by atoms with Gasteiger partial charge in [-0.2, -0.15) is 5.10 Å². The van der Waals surface area contributed by atoms with Crippen molar-refractivity contribution in [2.75, 3.05) is 0 Å². The molecule has 6 nitrogen and oxygen atoms in total. The molecule has 1 aliphatic heterocycles. The van der Waals surface area contributed by atoms with Gasteiger partial charge in [0.25, 0.3) is 0 Å². The predicted molar refractivity (Wildman–Crippen MR) is 74.8 cm³/mol. The smallest absolute Gasteiger partial charge is 0.246 e. The number of carbonyl (C=O) groups is 2. The molecule has 2 rings (SSSR count). The van der Waals surface area contributed by atoms with Crippen LogP contribution in [0.3, 0.4) is 0 Å². The average Bonchev–Trinajstić information content (AvgIpc) is 2.87. The van der Waals surface area contributed by atoms with Gasteiger partial charge < -0.3 is 10.2 Å². The monoisotopic (exact) mass is 278 g/mol. The van der Waals surface area contributed by atoms with Crippen molar-refractivity contribution < 1.29 is 9.59 Å². The molecule has 1 N–H and O–H groups in total. The van der Waals surface area contributed by atoms with Gasteiger partial charge in [0.05, 0.1) is 6.20 Å². The Hall–Kier alpha value is -1.85. The van der Waals surface area contributed by atoms with Crippen molar-refractivity contribution in [3.8, 4) is 0 Å². The van der Waals surface area contributed by atoms with Crippen LogP contribution in [0.15, 0.2) is 12.4 Å². The van der Waals surface area contributed by atoms with Gasteiger partial charge in [0, 0.05) is 24.8 Å². The van der Waals surface area contributed by atoms with Crippen LogP contribution in [0.25, 0.3) is 0 Å². The van der Waals surface area contributed by atoms with E-state index in [1.165, 1.54) is 0 Å². The molecular formula is C14H22N4O2. The molecule has 110 valence electrons. The van der Waals surface area contributed by atoms with E-state index in [4.69, 9.17) is 0 Å². The second-order valence-electron chi connectivity index (χ2n) is 5.62. The van der Waals surface area contributed by atoms with E-state index in [9.17, 15) is 9.59 Å². The van der Waals surface area contributed by atoms with Gasteiger partial charge in [-0.15, -0.1) is 0 Å².